The maximum absolute atomic E-state index is 11.4. The zero-order valence-electron chi connectivity index (χ0n) is 10.7. The summed E-state index contributed by atoms with van der Waals surface area (Å²) in [6, 6.07) is 4.02. The van der Waals surface area contributed by atoms with Crippen LogP contribution >= 0.6 is 0 Å². The lowest BCUT2D eigenvalue weighted by atomic mass is 10.3. The van der Waals surface area contributed by atoms with Crippen molar-refractivity contribution in [2.75, 3.05) is 6.61 Å². The van der Waals surface area contributed by atoms with Gasteiger partial charge in [0, 0.05) is 12.2 Å². The fraction of sp³-hybridized carbons (Fsp3) is 0.333. The molecule has 0 fully saturated rings. The monoisotopic (exact) mass is 265 g/mol. The molecule has 7 nitrogen and oxygen atoms in total. The average molecular weight is 265 g/mol. The van der Waals surface area contributed by atoms with E-state index in [0.29, 0.717) is 0 Å². The van der Waals surface area contributed by atoms with Gasteiger partial charge in [0.15, 0.2) is 6.61 Å². The van der Waals surface area contributed by atoms with Gasteiger partial charge in [-0.15, -0.1) is 0 Å². The summed E-state index contributed by atoms with van der Waals surface area (Å²) >= 11 is 0. The second-order valence-electron chi connectivity index (χ2n) is 3.97. The number of esters is 1. The van der Waals surface area contributed by atoms with Crippen molar-refractivity contribution in [1.82, 2.24) is 15.6 Å². The van der Waals surface area contributed by atoms with Gasteiger partial charge in [0.1, 0.15) is 5.69 Å². The van der Waals surface area contributed by atoms with Gasteiger partial charge >= 0.3 is 12.0 Å². The molecular formula is C12H15N3O4. The van der Waals surface area contributed by atoms with E-state index in [2.05, 4.69) is 10.3 Å². The number of carbonyl (C=O) groups is 3. The Labute approximate surface area is 110 Å². The number of urea groups is 1. The summed E-state index contributed by atoms with van der Waals surface area (Å²) in [5, 5.41) is 4.50. The smallest absolute Gasteiger partial charge is 0.357 e. The van der Waals surface area contributed by atoms with Crippen LogP contribution in [0.25, 0.3) is 0 Å². The molecule has 0 spiro atoms. The number of rotatable bonds is 4. The van der Waals surface area contributed by atoms with Crippen LogP contribution in [0.1, 0.15) is 24.3 Å². The number of imide groups is 1. The second-order valence-corrected chi connectivity index (χ2v) is 3.97. The Balaban J connectivity index is 2.35. The van der Waals surface area contributed by atoms with Gasteiger partial charge in [0.25, 0.3) is 5.91 Å². The number of carbonyl (C=O) groups excluding carboxylic acids is 3. The van der Waals surface area contributed by atoms with Crippen LogP contribution in [-0.4, -0.2) is 35.5 Å². The van der Waals surface area contributed by atoms with E-state index in [1.54, 1.807) is 26.0 Å². The Morgan fingerprint density at radius 2 is 2.05 bits per heavy atom. The van der Waals surface area contributed by atoms with Crippen molar-refractivity contribution in [2.24, 2.45) is 0 Å². The molecule has 1 aromatic rings. The number of aromatic nitrogens is 1. The largest absolute Gasteiger partial charge is 0.451 e. The molecule has 1 heterocycles. The van der Waals surface area contributed by atoms with Crippen LogP contribution in [0.3, 0.4) is 0 Å². The van der Waals surface area contributed by atoms with Crippen LogP contribution in [0, 0.1) is 0 Å². The number of amides is 3. The Bertz CT molecular complexity index is 459. The first-order valence-electron chi connectivity index (χ1n) is 5.67. The molecule has 0 aliphatic rings. The molecule has 1 aromatic heterocycles. The first-order chi connectivity index (χ1) is 8.99. The molecule has 0 aliphatic heterocycles. The standard InChI is InChI=1S/C12H15N3O4/c1-8(2)14-12(18)15-10(16)7-19-11(17)9-5-3-4-6-13-9/h3-6,8H,7H2,1-2H3,(H2,14,15,16,18). The van der Waals surface area contributed by atoms with E-state index < -0.39 is 24.5 Å². The van der Waals surface area contributed by atoms with E-state index in [1.807, 2.05) is 5.32 Å². The highest BCUT2D eigenvalue weighted by Gasteiger charge is 2.13. The summed E-state index contributed by atoms with van der Waals surface area (Å²) in [7, 11) is 0. The molecule has 0 saturated carbocycles. The highest BCUT2D eigenvalue weighted by Crippen LogP contribution is 1.96. The molecule has 7 heteroatoms. The van der Waals surface area contributed by atoms with Gasteiger partial charge in [-0.05, 0) is 26.0 Å². The maximum atomic E-state index is 11.4. The topological polar surface area (TPSA) is 97.4 Å². The molecule has 0 saturated heterocycles. The summed E-state index contributed by atoms with van der Waals surface area (Å²) in [6.45, 7) is 2.97. The zero-order valence-corrected chi connectivity index (χ0v) is 10.7. The highest BCUT2D eigenvalue weighted by atomic mass is 16.5. The van der Waals surface area contributed by atoms with Crippen molar-refractivity contribution >= 4 is 17.9 Å². The third kappa shape index (κ3) is 5.62. The molecule has 2 N–H and O–H groups in total. The molecule has 0 atom stereocenters. The fourth-order valence-corrected chi connectivity index (χ4v) is 1.15. The number of hydrogen-bond donors (Lipinski definition) is 2. The van der Waals surface area contributed by atoms with Gasteiger partial charge in [-0.2, -0.15) is 0 Å². The van der Waals surface area contributed by atoms with Crippen LogP contribution in [-0.2, 0) is 9.53 Å². The van der Waals surface area contributed by atoms with Gasteiger partial charge in [-0.25, -0.2) is 14.6 Å². The number of nitrogens with one attached hydrogen (secondary N) is 2. The summed E-state index contributed by atoms with van der Waals surface area (Å²) in [5.74, 6) is -1.43. The fourth-order valence-electron chi connectivity index (χ4n) is 1.15. The number of pyridine rings is 1. The van der Waals surface area contributed by atoms with E-state index >= 15 is 0 Å². The Hall–Kier alpha value is -2.44. The summed E-state index contributed by atoms with van der Waals surface area (Å²) in [5.41, 5.74) is 0.0990. The van der Waals surface area contributed by atoms with Crippen molar-refractivity contribution in [3.05, 3.63) is 30.1 Å². The summed E-state index contributed by atoms with van der Waals surface area (Å²) < 4.78 is 4.70. The molecule has 19 heavy (non-hydrogen) atoms. The first-order valence-corrected chi connectivity index (χ1v) is 5.67. The molecule has 0 unspecified atom stereocenters. The van der Waals surface area contributed by atoms with Crippen molar-refractivity contribution in [2.45, 2.75) is 19.9 Å². The molecule has 0 radical (unpaired) electrons. The van der Waals surface area contributed by atoms with Gasteiger partial charge < -0.3 is 10.1 Å². The normalized spacial score (nSPS) is 9.84. The van der Waals surface area contributed by atoms with E-state index in [-0.39, 0.29) is 11.7 Å². The molecular weight excluding hydrogens is 250 g/mol. The second kappa shape index (κ2) is 7.10. The lowest BCUT2D eigenvalue weighted by molar-refractivity contribution is -0.123. The van der Waals surface area contributed by atoms with Gasteiger partial charge in [-0.3, -0.25) is 10.1 Å². The van der Waals surface area contributed by atoms with Crippen molar-refractivity contribution in [3.8, 4) is 0 Å². The van der Waals surface area contributed by atoms with Crippen LogP contribution in [0.2, 0.25) is 0 Å². The third-order valence-corrected chi connectivity index (χ3v) is 1.88. The SMILES string of the molecule is CC(C)NC(=O)NC(=O)COC(=O)c1ccccn1. The molecule has 0 bridgehead atoms. The van der Waals surface area contributed by atoms with Crippen molar-refractivity contribution in [3.63, 3.8) is 0 Å². The predicted molar refractivity (Wildman–Crippen MR) is 66.3 cm³/mol. The predicted octanol–water partition coefficient (Wildman–Crippen LogP) is 0.473. The lowest BCUT2D eigenvalue weighted by Gasteiger charge is -2.09. The van der Waals surface area contributed by atoms with Gasteiger partial charge in [0.2, 0.25) is 0 Å². The maximum Gasteiger partial charge on any atom is 0.357 e. The van der Waals surface area contributed by atoms with Crippen LogP contribution < -0.4 is 10.6 Å². The minimum absolute atomic E-state index is 0.0936. The van der Waals surface area contributed by atoms with Crippen molar-refractivity contribution in [1.29, 1.82) is 0 Å². The van der Waals surface area contributed by atoms with E-state index in [1.165, 1.54) is 12.3 Å². The Kier molecular flexibility index (Phi) is 5.46. The molecule has 0 aromatic carbocycles. The van der Waals surface area contributed by atoms with E-state index in [0.717, 1.165) is 0 Å². The minimum atomic E-state index is -0.722. The molecule has 3 amide bonds. The lowest BCUT2D eigenvalue weighted by Crippen LogP contribution is -2.44. The van der Waals surface area contributed by atoms with Gasteiger partial charge in [-0.1, -0.05) is 6.07 Å². The van der Waals surface area contributed by atoms with E-state index in [9.17, 15) is 14.4 Å². The summed E-state index contributed by atoms with van der Waals surface area (Å²) in [6.07, 6.45) is 1.44. The molecule has 102 valence electrons. The quantitative estimate of drug-likeness (QED) is 0.771. The first kappa shape index (κ1) is 14.6. The molecule has 1 rings (SSSR count). The minimum Gasteiger partial charge on any atom is -0.451 e. The average Bonchev–Trinajstić information content (AvgIpc) is 2.36. The van der Waals surface area contributed by atoms with Crippen LogP contribution in [0.15, 0.2) is 24.4 Å². The zero-order chi connectivity index (χ0) is 14.3. The highest BCUT2D eigenvalue weighted by molar-refractivity contribution is 5.96. The number of nitrogens with zero attached hydrogens (tertiary/aromatic N) is 1. The van der Waals surface area contributed by atoms with E-state index in [4.69, 9.17) is 4.74 Å². The Morgan fingerprint density at radius 1 is 1.32 bits per heavy atom. The van der Waals surface area contributed by atoms with Crippen LogP contribution in [0.5, 0.6) is 0 Å². The van der Waals surface area contributed by atoms with Crippen LogP contribution in [0.4, 0.5) is 4.79 Å². The number of ether oxygens (including phenoxy) is 1. The third-order valence-electron chi connectivity index (χ3n) is 1.88. The van der Waals surface area contributed by atoms with Gasteiger partial charge in [0.05, 0.1) is 0 Å². The molecule has 0 aliphatic carbocycles. The Morgan fingerprint density at radius 3 is 2.63 bits per heavy atom. The number of hydrogen-bond acceptors (Lipinski definition) is 5. The summed E-state index contributed by atoms with van der Waals surface area (Å²) in [4.78, 5) is 37.7. The van der Waals surface area contributed by atoms with Crippen molar-refractivity contribution < 1.29 is 19.1 Å².